The number of rotatable bonds is 7. The van der Waals surface area contributed by atoms with Crippen molar-refractivity contribution in [2.24, 2.45) is 5.92 Å². The molecule has 0 saturated carbocycles. The molecule has 2 heterocycles. The fourth-order valence-electron chi connectivity index (χ4n) is 4.19. The average molecular weight is 472 g/mol. The van der Waals surface area contributed by atoms with Gasteiger partial charge in [0.1, 0.15) is 5.75 Å². The second kappa shape index (κ2) is 9.93. The molecule has 1 atom stereocenters. The fraction of sp³-hybridized carbons (Fsp3) is 0.417. The van der Waals surface area contributed by atoms with Gasteiger partial charge in [0.15, 0.2) is 6.10 Å². The van der Waals surface area contributed by atoms with E-state index >= 15 is 0 Å². The number of ether oxygens (including phenoxy) is 1. The Bertz CT molecular complexity index is 1110. The first-order valence-corrected chi connectivity index (χ1v) is 12.8. The van der Waals surface area contributed by atoms with E-state index in [1.54, 1.807) is 6.07 Å². The largest absolute Gasteiger partial charge is 0.478 e. The van der Waals surface area contributed by atoms with E-state index in [9.17, 15) is 18.0 Å². The molecule has 2 aliphatic heterocycles. The first kappa shape index (κ1) is 23.3. The molecule has 2 aromatic carbocycles. The van der Waals surface area contributed by atoms with Crippen molar-refractivity contribution in [3.05, 3.63) is 54.1 Å². The van der Waals surface area contributed by atoms with Gasteiger partial charge in [-0.05, 0) is 49.4 Å². The van der Waals surface area contributed by atoms with E-state index in [1.807, 2.05) is 37.3 Å². The molecule has 33 heavy (non-hydrogen) atoms. The minimum Gasteiger partial charge on any atom is -0.478 e. The zero-order chi connectivity index (χ0) is 23.4. The van der Waals surface area contributed by atoms with Crippen LogP contribution in [0, 0.1) is 5.92 Å². The summed E-state index contributed by atoms with van der Waals surface area (Å²) in [5, 5.41) is 5.70. The van der Waals surface area contributed by atoms with Crippen molar-refractivity contribution < 1.29 is 22.7 Å². The van der Waals surface area contributed by atoms with Gasteiger partial charge < -0.3 is 15.4 Å². The fourth-order valence-corrected chi connectivity index (χ4v) is 5.68. The molecule has 2 amide bonds. The first-order valence-electron chi connectivity index (χ1n) is 11.3. The quantitative estimate of drug-likeness (QED) is 0.646. The number of fused-ring (bicyclic) bond motifs is 1. The monoisotopic (exact) mass is 471 g/mol. The van der Waals surface area contributed by atoms with E-state index in [0.29, 0.717) is 37.2 Å². The first-order chi connectivity index (χ1) is 15.9. The molecule has 0 spiro atoms. The minimum atomic E-state index is -3.74. The number of hydrogen-bond acceptors (Lipinski definition) is 5. The lowest BCUT2D eigenvalue weighted by atomic mass is 9.97. The molecule has 8 nitrogen and oxygen atoms in total. The molecule has 176 valence electrons. The van der Waals surface area contributed by atoms with Gasteiger partial charge in [0.25, 0.3) is 5.91 Å². The van der Waals surface area contributed by atoms with Crippen LogP contribution in [0.2, 0.25) is 0 Å². The van der Waals surface area contributed by atoms with Gasteiger partial charge in [-0.3, -0.25) is 9.59 Å². The third-order valence-electron chi connectivity index (χ3n) is 6.16. The molecule has 0 aliphatic carbocycles. The van der Waals surface area contributed by atoms with Gasteiger partial charge in [-0.25, -0.2) is 8.42 Å². The minimum absolute atomic E-state index is 0.0258. The van der Waals surface area contributed by atoms with Crippen molar-refractivity contribution in [3.63, 3.8) is 0 Å². The number of hydrogen-bond donors (Lipinski definition) is 2. The summed E-state index contributed by atoms with van der Waals surface area (Å²) in [6.45, 7) is 2.96. The van der Waals surface area contributed by atoms with Gasteiger partial charge in [0, 0.05) is 25.6 Å². The van der Waals surface area contributed by atoms with Crippen LogP contribution in [0.1, 0.15) is 31.7 Å². The third kappa shape index (κ3) is 5.20. The third-order valence-corrected chi connectivity index (χ3v) is 8.05. The molecule has 2 aromatic rings. The highest BCUT2D eigenvalue weighted by Crippen LogP contribution is 2.34. The molecule has 2 aliphatic rings. The SMILES string of the molecule is CC[C@@H]1Oc2ccc(S(=O)(=O)N3CCC(C(=O)NCCc4ccccc4)CC3)cc2NC1=O. The van der Waals surface area contributed by atoms with Crippen LogP contribution in [0.5, 0.6) is 5.75 Å². The normalized spacial score (nSPS) is 19.3. The molecular weight excluding hydrogens is 442 g/mol. The predicted molar refractivity (Wildman–Crippen MR) is 124 cm³/mol. The van der Waals surface area contributed by atoms with E-state index in [1.165, 1.54) is 16.4 Å². The van der Waals surface area contributed by atoms with E-state index in [-0.39, 0.29) is 35.7 Å². The Morgan fingerprint density at radius 2 is 1.88 bits per heavy atom. The van der Waals surface area contributed by atoms with Crippen molar-refractivity contribution in [1.82, 2.24) is 9.62 Å². The van der Waals surface area contributed by atoms with E-state index < -0.39 is 16.1 Å². The Balaban J connectivity index is 1.33. The highest BCUT2D eigenvalue weighted by atomic mass is 32.2. The standard InChI is InChI=1S/C24H29N3O5S/c1-2-21-24(29)26-20-16-19(8-9-22(20)32-21)33(30,31)27-14-11-18(12-15-27)23(28)25-13-10-17-6-4-3-5-7-17/h3-9,16,18,21H,2,10-15H2,1H3,(H,25,28)(H,26,29)/t21-/m0/s1. The number of sulfonamides is 1. The molecule has 0 bridgehead atoms. The number of carbonyl (C=O) groups excluding carboxylic acids is 2. The summed E-state index contributed by atoms with van der Waals surface area (Å²) in [7, 11) is -3.74. The lowest BCUT2D eigenvalue weighted by molar-refractivity contribution is -0.126. The number of carbonyl (C=O) groups is 2. The average Bonchev–Trinajstić information content (AvgIpc) is 2.84. The molecule has 1 saturated heterocycles. The molecule has 1 fully saturated rings. The maximum absolute atomic E-state index is 13.2. The Morgan fingerprint density at radius 3 is 2.58 bits per heavy atom. The summed E-state index contributed by atoms with van der Waals surface area (Å²) in [5.41, 5.74) is 1.52. The van der Waals surface area contributed by atoms with Crippen LogP contribution >= 0.6 is 0 Å². The van der Waals surface area contributed by atoms with Gasteiger partial charge >= 0.3 is 0 Å². The summed E-state index contributed by atoms with van der Waals surface area (Å²) in [6, 6.07) is 14.5. The zero-order valence-corrected chi connectivity index (χ0v) is 19.4. The highest BCUT2D eigenvalue weighted by Gasteiger charge is 2.33. The van der Waals surface area contributed by atoms with Crippen LogP contribution in [0.15, 0.2) is 53.4 Å². The number of benzene rings is 2. The van der Waals surface area contributed by atoms with Crippen LogP contribution in [0.25, 0.3) is 0 Å². The maximum atomic E-state index is 13.2. The van der Waals surface area contributed by atoms with Crippen LogP contribution in [0.3, 0.4) is 0 Å². The summed E-state index contributed by atoms with van der Waals surface area (Å²) >= 11 is 0. The number of piperidine rings is 1. The van der Waals surface area contributed by atoms with Crippen molar-refractivity contribution in [1.29, 1.82) is 0 Å². The van der Waals surface area contributed by atoms with E-state index in [0.717, 1.165) is 12.0 Å². The highest BCUT2D eigenvalue weighted by molar-refractivity contribution is 7.89. The number of nitrogens with one attached hydrogen (secondary N) is 2. The lowest BCUT2D eigenvalue weighted by Gasteiger charge is -2.31. The Morgan fingerprint density at radius 1 is 1.15 bits per heavy atom. The predicted octanol–water partition coefficient (Wildman–Crippen LogP) is 2.56. The number of anilines is 1. The topological polar surface area (TPSA) is 105 Å². The van der Waals surface area contributed by atoms with Crippen LogP contribution < -0.4 is 15.4 Å². The second-order valence-electron chi connectivity index (χ2n) is 8.37. The zero-order valence-electron chi connectivity index (χ0n) is 18.6. The van der Waals surface area contributed by atoms with Crippen molar-refractivity contribution in [3.8, 4) is 5.75 Å². The van der Waals surface area contributed by atoms with Gasteiger partial charge in [0.2, 0.25) is 15.9 Å². The van der Waals surface area contributed by atoms with Gasteiger partial charge in [-0.2, -0.15) is 4.31 Å². The van der Waals surface area contributed by atoms with Crippen LogP contribution in [0.4, 0.5) is 5.69 Å². The van der Waals surface area contributed by atoms with Crippen molar-refractivity contribution in [2.45, 2.75) is 43.6 Å². The molecule has 9 heteroatoms. The van der Waals surface area contributed by atoms with Crippen molar-refractivity contribution in [2.75, 3.05) is 25.0 Å². The molecule has 2 N–H and O–H groups in total. The number of nitrogens with zero attached hydrogens (tertiary/aromatic N) is 1. The van der Waals surface area contributed by atoms with Crippen LogP contribution in [-0.4, -0.2) is 50.3 Å². The summed E-state index contributed by atoms with van der Waals surface area (Å²) in [6.07, 6.45) is 1.66. The van der Waals surface area contributed by atoms with Gasteiger partial charge in [-0.1, -0.05) is 37.3 Å². The Labute approximate surface area is 194 Å². The van der Waals surface area contributed by atoms with Gasteiger partial charge in [-0.15, -0.1) is 0 Å². The molecule has 0 unspecified atom stereocenters. The van der Waals surface area contributed by atoms with E-state index in [2.05, 4.69) is 10.6 Å². The van der Waals surface area contributed by atoms with Crippen LogP contribution in [-0.2, 0) is 26.0 Å². The van der Waals surface area contributed by atoms with E-state index in [4.69, 9.17) is 4.74 Å². The Hall–Kier alpha value is -2.91. The smallest absolute Gasteiger partial charge is 0.265 e. The Kier molecular flexibility index (Phi) is 6.99. The summed E-state index contributed by atoms with van der Waals surface area (Å²) in [4.78, 5) is 24.7. The molecular formula is C24H29N3O5S. The van der Waals surface area contributed by atoms with Crippen molar-refractivity contribution >= 4 is 27.5 Å². The molecule has 0 aromatic heterocycles. The maximum Gasteiger partial charge on any atom is 0.265 e. The molecule has 0 radical (unpaired) electrons. The summed E-state index contributed by atoms with van der Waals surface area (Å²) in [5.74, 6) is -0.0403. The molecule has 4 rings (SSSR count). The van der Waals surface area contributed by atoms with Gasteiger partial charge in [0.05, 0.1) is 10.6 Å². The number of amides is 2. The second-order valence-corrected chi connectivity index (χ2v) is 10.3. The lowest BCUT2D eigenvalue weighted by Crippen LogP contribution is -2.43. The summed E-state index contributed by atoms with van der Waals surface area (Å²) < 4.78 is 33.4.